The summed E-state index contributed by atoms with van der Waals surface area (Å²) < 4.78 is 4.01. The third-order valence-electron chi connectivity index (χ3n) is 3.47. The zero-order chi connectivity index (χ0) is 15.8. The maximum absolute atomic E-state index is 12.0. The number of benzene rings is 1. The molecule has 1 amide bonds. The van der Waals surface area contributed by atoms with Crippen molar-refractivity contribution in [2.24, 2.45) is 5.41 Å². The molecular formula is C14H14Cl3NO3. The zero-order valence-corrected chi connectivity index (χ0v) is 13.7. The third kappa shape index (κ3) is 3.44. The number of carbonyl (C=O) groups is 2. The van der Waals surface area contributed by atoms with Crippen LogP contribution >= 0.6 is 34.8 Å². The lowest BCUT2D eigenvalue weighted by Gasteiger charge is -2.17. The first-order chi connectivity index (χ1) is 9.65. The molecule has 114 valence electrons. The molecule has 2 rings (SSSR count). The first-order valence-electron chi connectivity index (χ1n) is 6.31. The van der Waals surface area contributed by atoms with Crippen LogP contribution in [0.15, 0.2) is 24.3 Å². The van der Waals surface area contributed by atoms with Gasteiger partial charge in [0.05, 0.1) is 0 Å². The molecule has 1 aromatic rings. The van der Waals surface area contributed by atoms with Crippen LogP contribution < -0.4 is 5.32 Å². The van der Waals surface area contributed by atoms with Gasteiger partial charge in [-0.3, -0.25) is 9.59 Å². The number of hydrogen-bond acceptors (Lipinski definition) is 3. The Labute approximate surface area is 137 Å². The Morgan fingerprint density at radius 2 is 1.81 bits per heavy atom. The van der Waals surface area contributed by atoms with Crippen molar-refractivity contribution in [3.63, 3.8) is 0 Å². The molecule has 1 aromatic carbocycles. The molecule has 0 bridgehead atoms. The van der Waals surface area contributed by atoms with E-state index in [0.29, 0.717) is 17.1 Å². The molecule has 1 aliphatic carbocycles. The van der Waals surface area contributed by atoms with Crippen LogP contribution in [0.1, 0.15) is 20.3 Å². The minimum atomic E-state index is -1.11. The van der Waals surface area contributed by atoms with Crippen molar-refractivity contribution < 1.29 is 14.3 Å². The molecule has 7 heteroatoms. The van der Waals surface area contributed by atoms with Crippen molar-refractivity contribution in [1.82, 2.24) is 0 Å². The number of rotatable bonds is 4. The van der Waals surface area contributed by atoms with Gasteiger partial charge in [-0.05, 0) is 38.1 Å². The van der Waals surface area contributed by atoms with E-state index in [-0.39, 0.29) is 0 Å². The molecule has 0 aromatic heterocycles. The average molecular weight is 351 g/mol. The van der Waals surface area contributed by atoms with Crippen LogP contribution in [0.5, 0.6) is 0 Å². The Hall–Kier alpha value is -0.970. The second kappa shape index (κ2) is 5.67. The van der Waals surface area contributed by atoms with Gasteiger partial charge in [0, 0.05) is 17.1 Å². The summed E-state index contributed by atoms with van der Waals surface area (Å²) in [6.45, 7) is 3.10. The fourth-order valence-corrected chi connectivity index (χ4v) is 2.56. The lowest BCUT2D eigenvalue weighted by atomic mass is 10.1. The quantitative estimate of drug-likeness (QED) is 0.664. The Bertz CT molecular complexity index is 573. The van der Waals surface area contributed by atoms with Crippen molar-refractivity contribution in [1.29, 1.82) is 0 Å². The van der Waals surface area contributed by atoms with E-state index in [2.05, 4.69) is 5.32 Å². The number of amides is 1. The predicted molar refractivity (Wildman–Crippen MR) is 82.8 cm³/mol. The summed E-state index contributed by atoms with van der Waals surface area (Å²) in [5.41, 5.74) is -0.390. The average Bonchev–Trinajstić information content (AvgIpc) is 2.92. The van der Waals surface area contributed by atoms with Crippen molar-refractivity contribution >= 4 is 52.4 Å². The van der Waals surface area contributed by atoms with Gasteiger partial charge >= 0.3 is 5.97 Å². The summed E-state index contributed by atoms with van der Waals surface area (Å²) in [6.07, 6.45) is -0.636. The number of anilines is 1. The van der Waals surface area contributed by atoms with Crippen LogP contribution in [0.4, 0.5) is 5.69 Å². The molecule has 1 saturated carbocycles. The fraction of sp³-hybridized carbons (Fsp3) is 0.429. The molecule has 0 aliphatic heterocycles. The van der Waals surface area contributed by atoms with Gasteiger partial charge in [0.2, 0.25) is 0 Å². The smallest absolute Gasteiger partial charge is 0.315 e. The maximum atomic E-state index is 12.0. The molecule has 2 atom stereocenters. The first kappa shape index (κ1) is 16.4. The van der Waals surface area contributed by atoms with Crippen molar-refractivity contribution in [2.75, 3.05) is 5.32 Å². The topological polar surface area (TPSA) is 55.4 Å². The zero-order valence-electron chi connectivity index (χ0n) is 11.5. The lowest BCUT2D eigenvalue weighted by Crippen LogP contribution is -2.33. The van der Waals surface area contributed by atoms with Gasteiger partial charge in [0.15, 0.2) is 6.10 Å². The summed E-state index contributed by atoms with van der Waals surface area (Å²) >= 11 is 17.6. The van der Waals surface area contributed by atoms with E-state index in [1.54, 1.807) is 31.2 Å². The summed E-state index contributed by atoms with van der Waals surface area (Å²) in [4.78, 5) is 23.9. The van der Waals surface area contributed by atoms with Gasteiger partial charge in [0.1, 0.15) is 9.75 Å². The summed E-state index contributed by atoms with van der Waals surface area (Å²) in [5.74, 6) is -1.02. The van der Waals surface area contributed by atoms with Crippen LogP contribution in [-0.2, 0) is 14.3 Å². The number of esters is 1. The van der Waals surface area contributed by atoms with Crippen LogP contribution in [0.2, 0.25) is 5.02 Å². The Kier molecular flexibility index (Phi) is 4.43. The highest BCUT2D eigenvalue weighted by Crippen LogP contribution is 2.64. The molecule has 0 saturated heterocycles. The molecular weight excluding hydrogens is 337 g/mol. The van der Waals surface area contributed by atoms with Crippen molar-refractivity contribution in [2.45, 2.75) is 30.7 Å². The summed E-state index contributed by atoms with van der Waals surface area (Å²) in [6, 6.07) is 6.60. The number of ether oxygens (including phenoxy) is 1. The van der Waals surface area contributed by atoms with Crippen molar-refractivity contribution in [3.05, 3.63) is 29.3 Å². The number of carbonyl (C=O) groups excluding carboxylic acids is 2. The molecule has 1 N–H and O–H groups in total. The predicted octanol–water partition coefficient (Wildman–Crippen LogP) is 3.79. The van der Waals surface area contributed by atoms with E-state index in [9.17, 15) is 9.59 Å². The second-order valence-corrected chi connectivity index (χ2v) is 7.18. The fourth-order valence-electron chi connectivity index (χ4n) is 1.74. The van der Waals surface area contributed by atoms with Crippen LogP contribution in [0.3, 0.4) is 0 Å². The van der Waals surface area contributed by atoms with Gasteiger partial charge in [-0.1, -0.05) is 11.6 Å². The molecule has 1 aliphatic rings. The second-order valence-electron chi connectivity index (χ2n) is 5.26. The van der Waals surface area contributed by atoms with E-state index in [1.165, 1.54) is 6.92 Å². The molecule has 21 heavy (non-hydrogen) atoms. The van der Waals surface area contributed by atoms with E-state index < -0.39 is 27.7 Å². The highest BCUT2D eigenvalue weighted by atomic mass is 35.5. The minimum Gasteiger partial charge on any atom is -0.452 e. The Morgan fingerprint density at radius 1 is 1.29 bits per heavy atom. The normalized spacial score (nSPS) is 24.0. The number of halogens is 3. The number of nitrogens with one attached hydrogen (secondary N) is 1. The molecule has 1 fully saturated rings. The monoisotopic (exact) mass is 349 g/mol. The van der Waals surface area contributed by atoms with Gasteiger partial charge in [-0.25, -0.2) is 0 Å². The lowest BCUT2D eigenvalue weighted by molar-refractivity contribution is -0.158. The minimum absolute atomic E-state index is 0.313. The van der Waals surface area contributed by atoms with Crippen LogP contribution in [0, 0.1) is 5.41 Å². The number of hydrogen-bond donors (Lipinski definition) is 1. The third-order valence-corrected chi connectivity index (χ3v) is 4.83. The maximum Gasteiger partial charge on any atom is 0.315 e. The highest BCUT2D eigenvalue weighted by Gasteiger charge is 2.69. The van der Waals surface area contributed by atoms with Crippen LogP contribution in [-0.4, -0.2) is 22.3 Å². The van der Waals surface area contributed by atoms with Gasteiger partial charge in [-0.2, -0.15) is 0 Å². The van der Waals surface area contributed by atoms with E-state index in [1.807, 2.05) is 0 Å². The van der Waals surface area contributed by atoms with Gasteiger partial charge < -0.3 is 10.1 Å². The van der Waals surface area contributed by atoms with Gasteiger partial charge in [0.25, 0.3) is 5.91 Å². The van der Waals surface area contributed by atoms with E-state index in [4.69, 9.17) is 39.5 Å². The van der Waals surface area contributed by atoms with E-state index >= 15 is 0 Å². The molecule has 0 radical (unpaired) electrons. The Balaban J connectivity index is 1.91. The molecule has 0 spiro atoms. The summed E-state index contributed by atoms with van der Waals surface area (Å²) in [5, 5.41) is 3.19. The van der Waals surface area contributed by atoms with Crippen molar-refractivity contribution in [3.8, 4) is 0 Å². The summed E-state index contributed by atoms with van der Waals surface area (Å²) in [7, 11) is 0. The molecule has 0 unspecified atom stereocenters. The van der Waals surface area contributed by atoms with Crippen LogP contribution in [0.25, 0.3) is 0 Å². The molecule has 4 nitrogen and oxygen atoms in total. The van der Waals surface area contributed by atoms with E-state index in [0.717, 1.165) is 0 Å². The highest BCUT2D eigenvalue weighted by molar-refractivity contribution is 6.53. The largest absolute Gasteiger partial charge is 0.452 e. The molecule has 0 heterocycles. The number of alkyl halides is 2. The Morgan fingerprint density at radius 3 is 2.29 bits per heavy atom. The van der Waals surface area contributed by atoms with Gasteiger partial charge in [-0.15, -0.1) is 23.2 Å². The SMILES string of the molecule is C[C@@H](OC(=O)[C@@]1(C)CC1(Cl)Cl)C(=O)Nc1ccc(Cl)cc1. The standard InChI is InChI=1S/C14H14Cl3NO3/c1-8(21-12(20)13(2)7-14(13,16)17)11(19)18-10-5-3-9(15)4-6-10/h3-6,8H,7H2,1-2H3,(H,18,19)/t8-,13-/m1/s1. The first-order valence-corrected chi connectivity index (χ1v) is 7.44.